The lowest BCUT2D eigenvalue weighted by molar-refractivity contribution is -0.122. The molecule has 0 unspecified atom stereocenters. The number of rotatable bonds is 2. The maximum absolute atomic E-state index is 11.1. The summed E-state index contributed by atoms with van der Waals surface area (Å²) in [5.41, 5.74) is 0.956. The first-order valence-electron chi connectivity index (χ1n) is 4.25. The number of ether oxygens (including phenoxy) is 1. The zero-order chi connectivity index (χ0) is 9.26. The number of methoxy groups -OCH3 is 1. The van der Waals surface area contributed by atoms with Gasteiger partial charge in [-0.3, -0.25) is 4.79 Å². The van der Waals surface area contributed by atoms with E-state index in [1.807, 2.05) is 24.3 Å². The standard InChI is InChI=1S/C10H11NO2/c1-13-9-4-2-8(3-5-9)11-7-6-10(11)12/h2-5H,6-7H2,1H3. The molecule has 1 heterocycles. The first kappa shape index (κ1) is 8.10. The summed E-state index contributed by atoms with van der Waals surface area (Å²) in [6, 6.07) is 7.52. The number of carbonyl (C=O) groups excluding carboxylic acids is 1. The van der Waals surface area contributed by atoms with Crippen molar-refractivity contribution in [2.75, 3.05) is 18.6 Å². The molecular weight excluding hydrogens is 166 g/mol. The lowest BCUT2D eigenvalue weighted by Gasteiger charge is -2.30. The minimum absolute atomic E-state index is 0.199. The Bertz CT molecular complexity index is 318. The summed E-state index contributed by atoms with van der Waals surface area (Å²) < 4.78 is 5.02. The van der Waals surface area contributed by atoms with Crippen molar-refractivity contribution in [1.82, 2.24) is 0 Å². The van der Waals surface area contributed by atoms with Crippen molar-refractivity contribution >= 4 is 11.6 Å². The van der Waals surface area contributed by atoms with Gasteiger partial charge in [0, 0.05) is 18.7 Å². The van der Waals surface area contributed by atoms with Gasteiger partial charge in [0.25, 0.3) is 0 Å². The lowest BCUT2D eigenvalue weighted by Crippen LogP contribution is -2.43. The number of carbonyl (C=O) groups is 1. The molecule has 1 aromatic carbocycles. The molecule has 0 saturated carbocycles. The van der Waals surface area contributed by atoms with Gasteiger partial charge in [0.05, 0.1) is 7.11 Å². The maximum Gasteiger partial charge on any atom is 0.228 e. The topological polar surface area (TPSA) is 29.5 Å². The van der Waals surface area contributed by atoms with Crippen molar-refractivity contribution < 1.29 is 9.53 Å². The van der Waals surface area contributed by atoms with E-state index in [0.29, 0.717) is 6.42 Å². The van der Waals surface area contributed by atoms with Crippen LogP contribution in [0.25, 0.3) is 0 Å². The summed E-state index contributed by atoms with van der Waals surface area (Å²) >= 11 is 0. The average Bonchev–Trinajstić information content (AvgIpc) is 2.17. The highest BCUT2D eigenvalue weighted by molar-refractivity contribution is 5.99. The number of hydrogen-bond donors (Lipinski definition) is 0. The number of β-lactam (4-membered cyclic amide) rings is 1. The van der Waals surface area contributed by atoms with Gasteiger partial charge in [0.2, 0.25) is 5.91 Å². The zero-order valence-corrected chi connectivity index (χ0v) is 7.49. The van der Waals surface area contributed by atoms with Crippen LogP contribution in [-0.2, 0) is 4.79 Å². The van der Waals surface area contributed by atoms with Gasteiger partial charge in [-0.2, -0.15) is 0 Å². The smallest absolute Gasteiger partial charge is 0.228 e. The molecule has 1 fully saturated rings. The zero-order valence-electron chi connectivity index (χ0n) is 7.49. The summed E-state index contributed by atoms with van der Waals surface area (Å²) in [5, 5.41) is 0. The van der Waals surface area contributed by atoms with E-state index in [-0.39, 0.29) is 5.91 Å². The van der Waals surface area contributed by atoms with Crippen molar-refractivity contribution in [3.05, 3.63) is 24.3 Å². The molecule has 3 nitrogen and oxygen atoms in total. The van der Waals surface area contributed by atoms with Gasteiger partial charge < -0.3 is 9.64 Å². The molecule has 1 aromatic rings. The molecule has 1 saturated heterocycles. The second kappa shape index (κ2) is 3.09. The first-order chi connectivity index (χ1) is 6.31. The molecule has 0 atom stereocenters. The van der Waals surface area contributed by atoms with Gasteiger partial charge in [0.1, 0.15) is 5.75 Å². The van der Waals surface area contributed by atoms with Crippen LogP contribution in [0.4, 0.5) is 5.69 Å². The molecule has 0 N–H and O–H groups in total. The third-order valence-corrected chi connectivity index (χ3v) is 2.23. The molecule has 0 bridgehead atoms. The van der Waals surface area contributed by atoms with E-state index in [1.54, 1.807) is 12.0 Å². The third kappa shape index (κ3) is 1.37. The van der Waals surface area contributed by atoms with Crippen molar-refractivity contribution in [1.29, 1.82) is 0 Å². The molecule has 0 aromatic heterocycles. The summed E-state index contributed by atoms with van der Waals surface area (Å²) in [6.45, 7) is 0.838. The number of anilines is 1. The molecule has 1 aliphatic rings. The van der Waals surface area contributed by atoms with E-state index in [0.717, 1.165) is 18.0 Å². The van der Waals surface area contributed by atoms with Gasteiger partial charge in [-0.05, 0) is 24.3 Å². The van der Waals surface area contributed by atoms with E-state index in [1.165, 1.54) is 0 Å². The van der Waals surface area contributed by atoms with E-state index in [9.17, 15) is 4.79 Å². The van der Waals surface area contributed by atoms with Crippen LogP contribution < -0.4 is 9.64 Å². The molecule has 0 radical (unpaired) electrons. The van der Waals surface area contributed by atoms with Crippen LogP contribution in [0, 0.1) is 0 Å². The summed E-state index contributed by atoms with van der Waals surface area (Å²) in [7, 11) is 1.63. The molecular formula is C10H11NO2. The Morgan fingerprint density at radius 3 is 2.38 bits per heavy atom. The Balaban J connectivity index is 2.18. The number of nitrogens with zero attached hydrogens (tertiary/aromatic N) is 1. The highest BCUT2D eigenvalue weighted by Gasteiger charge is 2.24. The molecule has 2 rings (SSSR count). The van der Waals surface area contributed by atoms with Crippen LogP contribution in [-0.4, -0.2) is 19.6 Å². The summed E-state index contributed by atoms with van der Waals surface area (Å²) in [5.74, 6) is 1.02. The van der Waals surface area contributed by atoms with Gasteiger partial charge in [-0.25, -0.2) is 0 Å². The number of hydrogen-bond acceptors (Lipinski definition) is 2. The fourth-order valence-electron chi connectivity index (χ4n) is 1.35. The predicted molar refractivity (Wildman–Crippen MR) is 50.0 cm³/mol. The van der Waals surface area contributed by atoms with Crippen LogP contribution in [0.1, 0.15) is 6.42 Å². The summed E-state index contributed by atoms with van der Waals surface area (Å²) in [4.78, 5) is 12.8. The second-order valence-electron chi connectivity index (χ2n) is 2.99. The van der Waals surface area contributed by atoms with Crippen molar-refractivity contribution in [3.63, 3.8) is 0 Å². The van der Waals surface area contributed by atoms with Crippen LogP contribution in [0.3, 0.4) is 0 Å². The Morgan fingerprint density at radius 2 is 2.00 bits per heavy atom. The minimum atomic E-state index is 0.199. The quantitative estimate of drug-likeness (QED) is 0.639. The Labute approximate surface area is 76.9 Å². The van der Waals surface area contributed by atoms with E-state index >= 15 is 0 Å². The summed E-state index contributed by atoms with van der Waals surface area (Å²) in [6.07, 6.45) is 0.673. The van der Waals surface area contributed by atoms with E-state index < -0.39 is 0 Å². The highest BCUT2D eigenvalue weighted by atomic mass is 16.5. The molecule has 1 amide bonds. The Hall–Kier alpha value is -1.51. The van der Waals surface area contributed by atoms with Gasteiger partial charge in [-0.15, -0.1) is 0 Å². The van der Waals surface area contributed by atoms with E-state index in [2.05, 4.69) is 0 Å². The lowest BCUT2D eigenvalue weighted by atomic mass is 10.1. The Morgan fingerprint density at radius 1 is 1.31 bits per heavy atom. The fourth-order valence-corrected chi connectivity index (χ4v) is 1.35. The van der Waals surface area contributed by atoms with Crippen LogP contribution in [0.2, 0.25) is 0 Å². The predicted octanol–water partition coefficient (Wildman–Crippen LogP) is 1.43. The maximum atomic E-state index is 11.1. The number of amides is 1. The van der Waals surface area contributed by atoms with Gasteiger partial charge in [0.15, 0.2) is 0 Å². The van der Waals surface area contributed by atoms with Crippen molar-refractivity contribution in [3.8, 4) is 5.75 Å². The van der Waals surface area contributed by atoms with Crippen LogP contribution in [0.15, 0.2) is 24.3 Å². The normalized spacial score (nSPS) is 15.5. The van der Waals surface area contributed by atoms with Crippen LogP contribution >= 0.6 is 0 Å². The molecule has 0 aliphatic carbocycles. The van der Waals surface area contributed by atoms with Crippen molar-refractivity contribution in [2.24, 2.45) is 0 Å². The van der Waals surface area contributed by atoms with Gasteiger partial charge in [-0.1, -0.05) is 0 Å². The minimum Gasteiger partial charge on any atom is -0.497 e. The first-order valence-corrected chi connectivity index (χ1v) is 4.25. The van der Waals surface area contributed by atoms with Gasteiger partial charge >= 0.3 is 0 Å². The third-order valence-electron chi connectivity index (χ3n) is 2.23. The molecule has 68 valence electrons. The van der Waals surface area contributed by atoms with E-state index in [4.69, 9.17) is 4.74 Å². The van der Waals surface area contributed by atoms with Crippen LogP contribution in [0.5, 0.6) is 5.75 Å². The monoisotopic (exact) mass is 177 g/mol. The molecule has 0 spiro atoms. The fraction of sp³-hybridized carbons (Fsp3) is 0.300. The highest BCUT2D eigenvalue weighted by Crippen LogP contribution is 2.23. The molecule has 3 heteroatoms. The molecule has 1 aliphatic heterocycles. The number of benzene rings is 1. The largest absolute Gasteiger partial charge is 0.497 e. The average molecular weight is 177 g/mol. The Kier molecular flexibility index (Phi) is 1.93. The molecule has 13 heavy (non-hydrogen) atoms. The van der Waals surface area contributed by atoms with Crippen molar-refractivity contribution in [2.45, 2.75) is 6.42 Å². The SMILES string of the molecule is COc1ccc(N2CCC2=O)cc1. The second-order valence-corrected chi connectivity index (χ2v) is 2.99.